The minimum absolute atomic E-state index is 0.0724. The Balaban J connectivity index is 2.67. The molecule has 0 saturated heterocycles. The minimum Gasteiger partial charge on any atom is -0.360 e. The average Bonchev–Trinajstić information content (AvgIpc) is 2.29. The number of allylic oxidation sites excluding steroid dienone is 1. The lowest BCUT2D eigenvalue weighted by Crippen LogP contribution is -2.19. The summed E-state index contributed by atoms with van der Waals surface area (Å²) in [5.74, 6) is 0.917. The molecule has 0 aromatic carbocycles. The highest BCUT2D eigenvalue weighted by molar-refractivity contribution is 5.94. The minimum atomic E-state index is 0.0724. The van der Waals surface area contributed by atoms with Crippen molar-refractivity contribution in [1.82, 2.24) is 4.98 Å². The predicted molar refractivity (Wildman–Crippen MR) is 66.9 cm³/mol. The van der Waals surface area contributed by atoms with Gasteiger partial charge >= 0.3 is 0 Å². The maximum Gasteiger partial charge on any atom is 0.159 e. The first-order valence-electron chi connectivity index (χ1n) is 5.44. The highest BCUT2D eigenvalue weighted by Gasteiger charge is 2.05. The van der Waals surface area contributed by atoms with E-state index in [-0.39, 0.29) is 5.78 Å². The van der Waals surface area contributed by atoms with Crippen molar-refractivity contribution in [3.8, 4) is 0 Å². The van der Waals surface area contributed by atoms with Crippen molar-refractivity contribution in [2.24, 2.45) is 0 Å². The van der Waals surface area contributed by atoms with Gasteiger partial charge in [0, 0.05) is 25.4 Å². The number of pyridine rings is 1. The van der Waals surface area contributed by atoms with E-state index in [0.717, 1.165) is 25.2 Å². The molecule has 0 aliphatic heterocycles. The van der Waals surface area contributed by atoms with Crippen LogP contribution in [0.4, 0.5) is 5.82 Å². The van der Waals surface area contributed by atoms with Crippen LogP contribution >= 0.6 is 0 Å². The quantitative estimate of drug-likeness (QED) is 0.418. The lowest BCUT2D eigenvalue weighted by atomic mass is 10.2. The monoisotopic (exact) mass is 218 g/mol. The van der Waals surface area contributed by atoms with Crippen molar-refractivity contribution < 1.29 is 4.79 Å². The Bertz CT molecular complexity index is 374. The largest absolute Gasteiger partial charge is 0.360 e. The SMILES string of the molecule is C=CCCCN(C)c1cc(C(C)=O)ccn1. The molecule has 0 bridgehead atoms. The second kappa shape index (κ2) is 6.05. The third kappa shape index (κ3) is 3.50. The number of anilines is 1. The lowest BCUT2D eigenvalue weighted by molar-refractivity contribution is 0.101. The maximum atomic E-state index is 11.2. The van der Waals surface area contributed by atoms with E-state index in [4.69, 9.17) is 0 Å². The summed E-state index contributed by atoms with van der Waals surface area (Å²) in [7, 11) is 1.98. The third-order valence-electron chi connectivity index (χ3n) is 2.44. The van der Waals surface area contributed by atoms with E-state index in [1.165, 1.54) is 0 Å². The van der Waals surface area contributed by atoms with E-state index in [2.05, 4.69) is 16.5 Å². The molecule has 16 heavy (non-hydrogen) atoms. The molecule has 0 spiro atoms. The second-order valence-corrected chi connectivity index (χ2v) is 3.81. The van der Waals surface area contributed by atoms with Gasteiger partial charge in [-0.05, 0) is 31.9 Å². The zero-order chi connectivity index (χ0) is 12.0. The molecule has 0 atom stereocenters. The number of hydrogen-bond donors (Lipinski definition) is 0. The summed E-state index contributed by atoms with van der Waals surface area (Å²) in [4.78, 5) is 17.5. The van der Waals surface area contributed by atoms with Gasteiger partial charge in [-0.2, -0.15) is 0 Å². The summed E-state index contributed by atoms with van der Waals surface area (Å²) in [6.45, 7) is 6.17. The van der Waals surface area contributed by atoms with Crippen LogP contribution < -0.4 is 4.90 Å². The second-order valence-electron chi connectivity index (χ2n) is 3.81. The Kier molecular flexibility index (Phi) is 4.70. The Morgan fingerprint density at radius 2 is 2.38 bits per heavy atom. The van der Waals surface area contributed by atoms with Gasteiger partial charge in [0.25, 0.3) is 0 Å². The van der Waals surface area contributed by atoms with E-state index in [1.54, 1.807) is 19.2 Å². The number of ketones is 1. The van der Waals surface area contributed by atoms with Gasteiger partial charge in [0.15, 0.2) is 5.78 Å². The van der Waals surface area contributed by atoms with Crippen LogP contribution in [0.25, 0.3) is 0 Å². The molecule has 0 amide bonds. The van der Waals surface area contributed by atoms with Gasteiger partial charge in [-0.1, -0.05) is 6.08 Å². The molecule has 0 aliphatic carbocycles. The van der Waals surface area contributed by atoms with Crippen LogP contribution in [-0.2, 0) is 0 Å². The number of aromatic nitrogens is 1. The summed E-state index contributed by atoms with van der Waals surface area (Å²) in [5.41, 5.74) is 0.709. The van der Waals surface area contributed by atoms with Gasteiger partial charge in [-0.15, -0.1) is 6.58 Å². The first kappa shape index (κ1) is 12.4. The first-order valence-corrected chi connectivity index (χ1v) is 5.44. The van der Waals surface area contributed by atoms with Gasteiger partial charge in [0.05, 0.1) is 0 Å². The molecular weight excluding hydrogens is 200 g/mol. The van der Waals surface area contributed by atoms with Gasteiger partial charge in [-0.3, -0.25) is 4.79 Å². The third-order valence-corrected chi connectivity index (χ3v) is 2.44. The van der Waals surface area contributed by atoms with E-state index in [1.807, 2.05) is 19.2 Å². The molecule has 0 N–H and O–H groups in total. The highest BCUT2D eigenvalue weighted by atomic mass is 16.1. The van der Waals surface area contributed by atoms with Crippen molar-refractivity contribution >= 4 is 11.6 Å². The van der Waals surface area contributed by atoms with Crippen LogP contribution in [0.3, 0.4) is 0 Å². The fraction of sp³-hybridized carbons (Fsp3) is 0.385. The number of carbonyl (C=O) groups excluding carboxylic acids is 1. The lowest BCUT2D eigenvalue weighted by Gasteiger charge is -2.17. The van der Waals surface area contributed by atoms with Gasteiger partial charge < -0.3 is 4.90 Å². The maximum absolute atomic E-state index is 11.2. The van der Waals surface area contributed by atoms with Crippen LogP contribution in [0.1, 0.15) is 30.1 Å². The molecule has 0 aliphatic rings. The molecule has 1 aromatic rings. The molecule has 1 aromatic heterocycles. The van der Waals surface area contributed by atoms with Crippen molar-refractivity contribution in [3.63, 3.8) is 0 Å². The standard InChI is InChI=1S/C13H18N2O/c1-4-5-6-9-15(3)13-10-12(11(2)16)7-8-14-13/h4,7-8,10H,1,5-6,9H2,2-3H3. The van der Waals surface area contributed by atoms with Crippen molar-refractivity contribution in [2.45, 2.75) is 19.8 Å². The van der Waals surface area contributed by atoms with Crippen molar-refractivity contribution in [1.29, 1.82) is 0 Å². The fourth-order valence-electron chi connectivity index (χ4n) is 1.43. The van der Waals surface area contributed by atoms with E-state index < -0.39 is 0 Å². The number of Topliss-reactive ketones (excluding diaryl/α,β-unsaturated/α-hetero) is 1. The van der Waals surface area contributed by atoms with Crippen LogP contribution in [0.2, 0.25) is 0 Å². The average molecular weight is 218 g/mol. The van der Waals surface area contributed by atoms with Crippen molar-refractivity contribution in [3.05, 3.63) is 36.5 Å². The molecule has 1 heterocycles. The normalized spacial score (nSPS) is 9.88. The van der Waals surface area contributed by atoms with Crippen molar-refractivity contribution in [2.75, 3.05) is 18.5 Å². The fourth-order valence-corrected chi connectivity index (χ4v) is 1.43. The Hall–Kier alpha value is -1.64. The molecule has 3 nitrogen and oxygen atoms in total. The molecule has 3 heteroatoms. The number of nitrogens with zero attached hydrogens (tertiary/aromatic N) is 2. The molecular formula is C13H18N2O. The summed E-state index contributed by atoms with van der Waals surface area (Å²) >= 11 is 0. The summed E-state index contributed by atoms with van der Waals surface area (Å²) in [6.07, 6.45) is 5.63. The van der Waals surface area contributed by atoms with Gasteiger partial charge in [-0.25, -0.2) is 4.98 Å². The van der Waals surface area contributed by atoms with Crippen LogP contribution in [0, 0.1) is 0 Å². The Morgan fingerprint density at radius 3 is 3.00 bits per heavy atom. The van der Waals surface area contributed by atoms with Crippen LogP contribution in [0.15, 0.2) is 31.0 Å². The van der Waals surface area contributed by atoms with Gasteiger partial charge in [0.2, 0.25) is 0 Å². The molecule has 0 radical (unpaired) electrons. The smallest absolute Gasteiger partial charge is 0.159 e. The van der Waals surface area contributed by atoms with Gasteiger partial charge in [0.1, 0.15) is 5.82 Å². The van der Waals surface area contributed by atoms with E-state index >= 15 is 0 Å². The highest BCUT2D eigenvalue weighted by Crippen LogP contribution is 2.12. The number of carbonyl (C=O) groups is 1. The molecule has 86 valence electrons. The van der Waals surface area contributed by atoms with Crippen LogP contribution in [0.5, 0.6) is 0 Å². The molecule has 0 fully saturated rings. The van der Waals surface area contributed by atoms with E-state index in [0.29, 0.717) is 5.56 Å². The number of unbranched alkanes of at least 4 members (excludes halogenated alkanes) is 1. The molecule has 0 unspecified atom stereocenters. The number of rotatable bonds is 6. The summed E-state index contributed by atoms with van der Waals surface area (Å²) < 4.78 is 0. The summed E-state index contributed by atoms with van der Waals surface area (Å²) in [5, 5.41) is 0. The molecule has 0 saturated carbocycles. The Morgan fingerprint density at radius 1 is 1.62 bits per heavy atom. The van der Waals surface area contributed by atoms with E-state index in [9.17, 15) is 4.79 Å². The van der Waals surface area contributed by atoms with Crippen LogP contribution in [-0.4, -0.2) is 24.4 Å². The number of hydrogen-bond acceptors (Lipinski definition) is 3. The summed E-state index contributed by atoms with van der Waals surface area (Å²) in [6, 6.07) is 3.57. The zero-order valence-electron chi connectivity index (χ0n) is 9.94. The molecule has 1 rings (SSSR count). The zero-order valence-corrected chi connectivity index (χ0v) is 9.94. The topological polar surface area (TPSA) is 33.2 Å². The first-order chi connectivity index (χ1) is 7.65. The Labute approximate surface area is 96.8 Å². The predicted octanol–water partition coefficient (Wildman–Crippen LogP) is 2.69.